The van der Waals surface area contributed by atoms with E-state index in [-0.39, 0.29) is 18.0 Å². The number of carboxylic acids is 1. The molecule has 0 heterocycles. The number of nitrogens with zero attached hydrogens (tertiary/aromatic N) is 1. The van der Waals surface area contributed by atoms with E-state index in [1.807, 2.05) is 60.7 Å². The third-order valence-corrected chi connectivity index (χ3v) is 4.54. The minimum atomic E-state index is -1.26. The SMILES string of the molecule is NCCCC(=S)[C@@H](C(=O)O)N(Cc1ccccc1)C(=O)OCc1ccccc1. The summed E-state index contributed by atoms with van der Waals surface area (Å²) in [5.41, 5.74) is 7.11. The summed E-state index contributed by atoms with van der Waals surface area (Å²) in [6, 6.07) is 17.1. The number of nitrogens with two attached hydrogens (primary N) is 1. The van der Waals surface area contributed by atoms with Crippen LogP contribution in [-0.4, -0.2) is 39.5 Å². The predicted octanol–water partition coefficient (Wildman–Crippen LogP) is 3.39. The van der Waals surface area contributed by atoms with E-state index in [9.17, 15) is 14.7 Å². The Labute approximate surface area is 169 Å². The lowest BCUT2D eigenvalue weighted by Gasteiger charge is -2.29. The molecule has 6 nitrogen and oxygen atoms in total. The summed E-state index contributed by atoms with van der Waals surface area (Å²) in [7, 11) is 0. The van der Waals surface area contributed by atoms with Crippen LogP contribution in [0.3, 0.4) is 0 Å². The second-order valence-corrected chi connectivity index (χ2v) is 6.78. The van der Waals surface area contributed by atoms with Crippen LogP contribution in [-0.2, 0) is 22.7 Å². The van der Waals surface area contributed by atoms with Crippen molar-refractivity contribution in [3.8, 4) is 0 Å². The smallest absolute Gasteiger partial charge is 0.411 e. The number of rotatable bonds is 10. The maximum Gasteiger partial charge on any atom is 0.411 e. The Hall–Kier alpha value is -2.77. The van der Waals surface area contributed by atoms with Crippen LogP contribution in [0.25, 0.3) is 0 Å². The predicted molar refractivity (Wildman–Crippen MR) is 111 cm³/mol. The van der Waals surface area contributed by atoms with Crippen LogP contribution in [0.1, 0.15) is 24.0 Å². The number of carboxylic acid groups (broad SMARTS) is 1. The van der Waals surface area contributed by atoms with Gasteiger partial charge in [-0.25, -0.2) is 9.59 Å². The highest BCUT2D eigenvalue weighted by molar-refractivity contribution is 7.80. The molecule has 0 aliphatic rings. The van der Waals surface area contributed by atoms with Crippen molar-refractivity contribution in [1.82, 2.24) is 4.90 Å². The van der Waals surface area contributed by atoms with Crippen LogP contribution in [0, 0.1) is 0 Å². The highest BCUT2D eigenvalue weighted by atomic mass is 32.1. The van der Waals surface area contributed by atoms with Crippen LogP contribution in [0.4, 0.5) is 4.79 Å². The normalized spacial score (nSPS) is 11.5. The zero-order valence-electron chi connectivity index (χ0n) is 15.5. The fourth-order valence-corrected chi connectivity index (χ4v) is 3.07. The van der Waals surface area contributed by atoms with Gasteiger partial charge in [-0.3, -0.25) is 4.90 Å². The molecule has 7 heteroatoms. The minimum Gasteiger partial charge on any atom is -0.479 e. The van der Waals surface area contributed by atoms with Crippen LogP contribution >= 0.6 is 12.2 Å². The molecule has 2 aromatic carbocycles. The molecule has 0 saturated carbocycles. The summed E-state index contributed by atoms with van der Waals surface area (Å²) in [6.45, 7) is 0.519. The monoisotopic (exact) mass is 400 g/mol. The standard InChI is InChI=1S/C21H24N2O4S/c22-13-7-12-18(28)19(20(24)25)23(14-16-8-3-1-4-9-16)21(26)27-15-17-10-5-2-6-11-17/h1-6,8-11,19H,7,12-15,22H2,(H,24,25)/t19-/m0/s1. The fourth-order valence-electron chi connectivity index (χ4n) is 2.70. The first-order chi connectivity index (χ1) is 13.5. The Kier molecular flexibility index (Phi) is 8.58. The molecule has 0 aliphatic carbocycles. The molecule has 148 valence electrons. The first-order valence-corrected chi connectivity index (χ1v) is 9.40. The summed E-state index contributed by atoms with van der Waals surface area (Å²) >= 11 is 5.32. The van der Waals surface area contributed by atoms with Crippen molar-refractivity contribution in [2.24, 2.45) is 5.73 Å². The molecular weight excluding hydrogens is 376 g/mol. The average molecular weight is 401 g/mol. The van der Waals surface area contributed by atoms with Gasteiger partial charge in [-0.15, -0.1) is 0 Å². The molecule has 28 heavy (non-hydrogen) atoms. The van der Waals surface area contributed by atoms with Crippen molar-refractivity contribution in [3.05, 3.63) is 71.8 Å². The maximum atomic E-state index is 12.8. The number of carbonyl (C=O) groups excluding carboxylic acids is 1. The summed E-state index contributed by atoms with van der Waals surface area (Å²) in [4.78, 5) is 26.2. The number of carbonyl (C=O) groups is 2. The van der Waals surface area contributed by atoms with E-state index >= 15 is 0 Å². The number of amides is 1. The van der Waals surface area contributed by atoms with Crippen LogP contribution in [0.5, 0.6) is 0 Å². The Morgan fingerprint density at radius 2 is 1.61 bits per heavy atom. The molecule has 0 spiro atoms. The van der Waals surface area contributed by atoms with E-state index < -0.39 is 18.1 Å². The van der Waals surface area contributed by atoms with Gasteiger partial charge in [0.2, 0.25) is 0 Å². The zero-order chi connectivity index (χ0) is 20.4. The quantitative estimate of drug-likeness (QED) is 0.594. The fraction of sp³-hybridized carbons (Fsp3) is 0.286. The van der Waals surface area contributed by atoms with Gasteiger partial charge in [0.05, 0.1) is 6.54 Å². The van der Waals surface area contributed by atoms with Crippen molar-refractivity contribution >= 4 is 29.1 Å². The average Bonchev–Trinajstić information content (AvgIpc) is 2.71. The largest absolute Gasteiger partial charge is 0.479 e. The Bertz CT molecular complexity index is 784. The third kappa shape index (κ3) is 6.44. The second kappa shape index (κ2) is 11.2. The first kappa shape index (κ1) is 21.5. The number of aliphatic carboxylic acids is 1. The van der Waals surface area contributed by atoms with Gasteiger partial charge in [-0.05, 0) is 30.5 Å². The van der Waals surface area contributed by atoms with Crippen molar-refractivity contribution in [2.75, 3.05) is 6.54 Å². The molecule has 0 fully saturated rings. The molecule has 1 amide bonds. The van der Waals surface area contributed by atoms with Crippen molar-refractivity contribution < 1.29 is 19.4 Å². The molecular formula is C21H24N2O4S. The summed E-state index contributed by atoms with van der Waals surface area (Å²) in [6.07, 6.45) is 0.177. The molecule has 2 rings (SSSR count). The van der Waals surface area contributed by atoms with Gasteiger partial charge in [0, 0.05) is 4.86 Å². The molecule has 2 aromatic rings. The minimum absolute atomic E-state index is 0.0485. The van der Waals surface area contributed by atoms with Gasteiger partial charge in [0.25, 0.3) is 0 Å². The number of ether oxygens (including phenoxy) is 1. The summed E-state index contributed by atoms with van der Waals surface area (Å²) < 4.78 is 5.39. The Balaban J connectivity index is 2.21. The third-order valence-electron chi connectivity index (χ3n) is 4.11. The van der Waals surface area contributed by atoms with Crippen LogP contribution in [0.15, 0.2) is 60.7 Å². The van der Waals surface area contributed by atoms with Gasteiger partial charge in [-0.1, -0.05) is 72.9 Å². The second-order valence-electron chi connectivity index (χ2n) is 6.25. The van der Waals surface area contributed by atoms with Crippen molar-refractivity contribution in [2.45, 2.75) is 32.0 Å². The number of benzene rings is 2. The Morgan fingerprint density at radius 3 is 2.14 bits per heavy atom. The van der Waals surface area contributed by atoms with Crippen LogP contribution in [0.2, 0.25) is 0 Å². The summed E-state index contributed by atoms with van der Waals surface area (Å²) in [5.74, 6) is -1.19. The van der Waals surface area contributed by atoms with Gasteiger partial charge < -0.3 is 15.6 Å². The van der Waals surface area contributed by atoms with E-state index in [0.29, 0.717) is 19.4 Å². The van der Waals surface area contributed by atoms with Gasteiger partial charge in [0.15, 0.2) is 6.04 Å². The molecule has 0 radical (unpaired) electrons. The lowest BCUT2D eigenvalue weighted by molar-refractivity contribution is -0.140. The highest BCUT2D eigenvalue weighted by Gasteiger charge is 2.34. The molecule has 1 atom stereocenters. The molecule has 0 aromatic heterocycles. The first-order valence-electron chi connectivity index (χ1n) is 8.99. The highest BCUT2D eigenvalue weighted by Crippen LogP contribution is 2.16. The van der Waals surface area contributed by atoms with Gasteiger partial charge >= 0.3 is 12.1 Å². The van der Waals surface area contributed by atoms with E-state index in [1.54, 1.807) is 0 Å². The van der Waals surface area contributed by atoms with Crippen LogP contribution < -0.4 is 5.73 Å². The molecule has 3 N–H and O–H groups in total. The number of thiocarbonyl (C=S) groups is 1. The van der Waals surface area contributed by atoms with Gasteiger partial charge in [0.1, 0.15) is 6.61 Å². The van der Waals surface area contributed by atoms with Crippen molar-refractivity contribution in [1.29, 1.82) is 0 Å². The van der Waals surface area contributed by atoms with Gasteiger partial charge in [-0.2, -0.15) is 0 Å². The van der Waals surface area contributed by atoms with E-state index in [2.05, 4.69) is 0 Å². The topological polar surface area (TPSA) is 92.9 Å². The molecule has 0 bridgehead atoms. The maximum absolute atomic E-state index is 12.8. The number of hydrogen-bond donors (Lipinski definition) is 2. The molecule has 0 unspecified atom stereocenters. The molecule has 0 aliphatic heterocycles. The zero-order valence-corrected chi connectivity index (χ0v) is 16.3. The van der Waals surface area contributed by atoms with E-state index in [4.69, 9.17) is 22.7 Å². The lowest BCUT2D eigenvalue weighted by Crippen LogP contribution is -2.49. The van der Waals surface area contributed by atoms with E-state index in [1.165, 1.54) is 4.90 Å². The Morgan fingerprint density at radius 1 is 1.04 bits per heavy atom. The summed E-state index contributed by atoms with van der Waals surface area (Å²) in [5, 5.41) is 9.76. The van der Waals surface area contributed by atoms with E-state index in [0.717, 1.165) is 11.1 Å². The molecule has 0 saturated heterocycles. The number of hydrogen-bond acceptors (Lipinski definition) is 5. The van der Waals surface area contributed by atoms with Crippen molar-refractivity contribution in [3.63, 3.8) is 0 Å². The lowest BCUT2D eigenvalue weighted by atomic mass is 10.1.